The molecule has 4 aromatic rings. The molecule has 0 aliphatic heterocycles. The van der Waals surface area contributed by atoms with Gasteiger partial charge in [0.2, 0.25) is 0 Å². The van der Waals surface area contributed by atoms with Crippen LogP contribution in [-0.4, -0.2) is 30.2 Å². The average molecular weight is 442 g/mol. The van der Waals surface area contributed by atoms with Crippen LogP contribution in [0, 0.1) is 0 Å². The molecule has 7 heteroatoms. The summed E-state index contributed by atoms with van der Waals surface area (Å²) in [5.74, 6) is -0.688. The molecular formula is C26H22N2O5. The largest absolute Gasteiger partial charge is 0.497 e. The fourth-order valence-corrected chi connectivity index (χ4v) is 3.70. The van der Waals surface area contributed by atoms with Crippen LogP contribution in [0.5, 0.6) is 5.75 Å². The highest BCUT2D eigenvalue weighted by atomic mass is 16.5. The molecule has 1 amide bonds. The molecule has 0 spiro atoms. The highest BCUT2D eigenvalue weighted by Gasteiger charge is 2.23. The monoisotopic (exact) mass is 442 g/mol. The molecule has 3 aromatic carbocycles. The van der Waals surface area contributed by atoms with E-state index in [0.717, 1.165) is 5.56 Å². The van der Waals surface area contributed by atoms with Gasteiger partial charge in [-0.2, -0.15) is 0 Å². The number of methoxy groups -OCH3 is 1. The van der Waals surface area contributed by atoms with E-state index in [1.54, 1.807) is 42.5 Å². The van der Waals surface area contributed by atoms with Crippen LogP contribution in [0.4, 0.5) is 5.69 Å². The second-order valence-corrected chi connectivity index (χ2v) is 7.36. The minimum atomic E-state index is -0.764. The van der Waals surface area contributed by atoms with Gasteiger partial charge in [0.25, 0.3) is 11.5 Å². The Bertz CT molecular complexity index is 1390. The maximum absolute atomic E-state index is 13.1. The maximum atomic E-state index is 13.1. The number of hydrogen-bond donors (Lipinski definition) is 1. The summed E-state index contributed by atoms with van der Waals surface area (Å²) in [6, 6.07) is 23.2. The lowest BCUT2D eigenvalue weighted by Crippen LogP contribution is -2.28. The molecule has 0 fully saturated rings. The Hall–Kier alpha value is -4.39. The topological polar surface area (TPSA) is 86.6 Å². The normalized spacial score (nSPS) is 10.6. The third-order valence-electron chi connectivity index (χ3n) is 5.25. The fourth-order valence-electron chi connectivity index (χ4n) is 3.70. The first-order valence-electron chi connectivity index (χ1n) is 10.3. The number of ether oxygens (including phenoxy) is 2. The number of rotatable bonds is 6. The SMILES string of the molecule is COc1cccc(NC(=O)COC(=O)c2c(-c3ccccc3)c3ccccc3c(=O)n2C)c1. The second kappa shape index (κ2) is 9.40. The van der Waals surface area contributed by atoms with E-state index < -0.39 is 18.5 Å². The third kappa shape index (κ3) is 4.48. The maximum Gasteiger partial charge on any atom is 0.356 e. The highest BCUT2D eigenvalue weighted by molar-refractivity contribution is 6.07. The lowest BCUT2D eigenvalue weighted by Gasteiger charge is -2.16. The number of nitrogens with one attached hydrogen (secondary N) is 1. The first-order valence-corrected chi connectivity index (χ1v) is 10.3. The molecule has 4 rings (SSSR count). The fraction of sp³-hybridized carbons (Fsp3) is 0.115. The van der Waals surface area contributed by atoms with E-state index in [1.807, 2.05) is 36.4 Å². The molecule has 0 aliphatic rings. The van der Waals surface area contributed by atoms with Crippen LogP contribution in [0.3, 0.4) is 0 Å². The van der Waals surface area contributed by atoms with Gasteiger partial charge in [-0.05, 0) is 29.1 Å². The number of anilines is 1. The molecule has 0 saturated carbocycles. The van der Waals surface area contributed by atoms with E-state index >= 15 is 0 Å². The Balaban J connectivity index is 1.66. The van der Waals surface area contributed by atoms with Gasteiger partial charge < -0.3 is 19.4 Å². The number of aromatic nitrogens is 1. The van der Waals surface area contributed by atoms with Gasteiger partial charge in [0.1, 0.15) is 11.4 Å². The third-order valence-corrected chi connectivity index (χ3v) is 5.25. The van der Waals surface area contributed by atoms with E-state index in [9.17, 15) is 14.4 Å². The number of hydrogen-bond acceptors (Lipinski definition) is 5. The van der Waals surface area contributed by atoms with Crippen molar-refractivity contribution in [2.24, 2.45) is 7.05 Å². The van der Waals surface area contributed by atoms with Gasteiger partial charge in [-0.1, -0.05) is 54.6 Å². The van der Waals surface area contributed by atoms with Crippen molar-refractivity contribution in [3.05, 3.63) is 94.9 Å². The number of benzene rings is 3. The zero-order valence-corrected chi connectivity index (χ0v) is 18.2. The van der Waals surface area contributed by atoms with Crippen LogP contribution < -0.4 is 15.6 Å². The summed E-state index contributed by atoms with van der Waals surface area (Å²) in [6.45, 7) is -0.509. The molecule has 166 valence electrons. The van der Waals surface area contributed by atoms with Gasteiger partial charge in [0.05, 0.1) is 7.11 Å². The Kier molecular flexibility index (Phi) is 6.22. The van der Waals surface area contributed by atoms with Gasteiger partial charge in [0.15, 0.2) is 6.61 Å². The number of nitrogens with zero attached hydrogens (tertiary/aromatic N) is 1. The smallest absolute Gasteiger partial charge is 0.356 e. The summed E-state index contributed by atoms with van der Waals surface area (Å²) in [4.78, 5) is 38.4. The Morgan fingerprint density at radius 2 is 1.61 bits per heavy atom. The molecule has 0 saturated heterocycles. The Labute approximate surface area is 190 Å². The first kappa shape index (κ1) is 21.8. The van der Waals surface area contributed by atoms with E-state index in [0.29, 0.717) is 27.8 Å². The van der Waals surface area contributed by atoms with Crippen molar-refractivity contribution >= 4 is 28.3 Å². The van der Waals surface area contributed by atoms with E-state index in [1.165, 1.54) is 18.7 Å². The van der Waals surface area contributed by atoms with Gasteiger partial charge in [-0.3, -0.25) is 9.59 Å². The van der Waals surface area contributed by atoms with Crippen LogP contribution in [0.25, 0.3) is 21.9 Å². The molecular weight excluding hydrogens is 420 g/mol. The summed E-state index contributed by atoms with van der Waals surface area (Å²) >= 11 is 0. The van der Waals surface area contributed by atoms with Crippen molar-refractivity contribution in [3.63, 3.8) is 0 Å². The Morgan fingerprint density at radius 1 is 0.909 bits per heavy atom. The van der Waals surface area contributed by atoms with E-state index in [4.69, 9.17) is 9.47 Å². The molecule has 33 heavy (non-hydrogen) atoms. The van der Waals surface area contributed by atoms with Crippen molar-refractivity contribution in [2.75, 3.05) is 19.0 Å². The van der Waals surface area contributed by atoms with E-state index in [-0.39, 0.29) is 11.3 Å². The standard InChI is InChI=1S/C26H22N2O5/c1-28-24(26(31)33-16-22(29)27-18-11-8-12-19(15-18)32-2)23(17-9-4-3-5-10-17)20-13-6-7-14-21(20)25(28)30/h3-15H,16H2,1-2H3,(H,27,29). The molecule has 1 aromatic heterocycles. The first-order chi connectivity index (χ1) is 16.0. The lowest BCUT2D eigenvalue weighted by molar-refractivity contribution is -0.119. The zero-order valence-electron chi connectivity index (χ0n) is 18.2. The van der Waals surface area contributed by atoms with Gasteiger partial charge in [-0.15, -0.1) is 0 Å². The van der Waals surface area contributed by atoms with Crippen LogP contribution in [-0.2, 0) is 16.6 Å². The summed E-state index contributed by atoms with van der Waals surface area (Å²) in [5, 5.41) is 3.79. The van der Waals surface area contributed by atoms with Crippen LogP contribution in [0.15, 0.2) is 83.7 Å². The van der Waals surface area contributed by atoms with Gasteiger partial charge in [-0.25, -0.2) is 4.79 Å². The van der Waals surface area contributed by atoms with E-state index in [2.05, 4.69) is 5.32 Å². The minimum Gasteiger partial charge on any atom is -0.497 e. The van der Waals surface area contributed by atoms with Crippen molar-refractivity contribution in [3.8, 4) is 16.9 Å². The summed E-state index contributed by atoms with van der Waals surface area (Å²) in [5.41, 5.74) is 1.61. The summed E-state index contributed by atoms with van der Waals surface area (Å²) < 4.78 is 11.7. The molecule has 1 N–H and O–H groups in total. The second-order valence-electron chi connectivity index (χ2n) is 7.36. The zero-order chi connectivity index (χ0) is 23.4. The highest BCUT2D eigenvalue weighted by Crippen LogP contribution is 2.30. The summed E-state index contributed by atoms with van der Waals surface area (Å²) in [6.07, 6.45) is 0. The quantitative estimate of drug-likeness (QED) is 0.456. The number of fused-ring (bicyclic) bond motifs is 1. The number of pyridine rings is 1. The summed E-state index contributed by atoms with van der Waals surface area (Å²) in [7, 11) is 3.05. The molecule has 7 nitrogen and oxygen atoms in total. The predicted molar refractivity (Wildman–Crippen MR) is 127 cm³/mol. The number of carbonyl (C=O) groups excluding carboxylic acids is 2. The molecule has 0 radical (unpaired) electrons. The lowest BCUT2D eigenvalue weighted by atomic mass is 9.97. The average Bonchev–Trinajstić information content (AvgIpc) is 2.85. The molecule has 0 atom stereocenters. The van der Waals surface area contributed by atoms with Crippen molar-refractivity contribution in [1.29, 1.82) is 0 Å². The molecule has 0 aliphatic carbocycles. The van der Waals surface area contributed by atoms with Crippen molar-refractivity contribution < 1.29 is 19.1 Å². The number of esters is 1. The van der Waals surface area contributed by atoms with Gasteiger partial charge in [0, 0.05) is 29.8 Å². The molecule has 1 heterocycles. The van der Waals surface area contributed by atoms with Crippen LogP contribution in [0.2, 0.25) is 0 Å². The van der Waals surface area contributed by atoms with Crippen LogP contribution in [0.1, 0.15) is 10.5 Å². The van der Waals surface area contributed by atoms with Gasteiger partial charge >= 0.3 is 5.97 Å². The minimum absolute atomic E-state index is 0.0825. The predicted octanol–water partition coefficient (Wildman–Crippen LogP) is 4.01. The van der Waals surface area contributed by atoms with Crippen molar-refractivity contribution in [2.45, 2.75) is 0 Å². The number of amides is 1. The van der Waals surface area contributed by atoms with Crippen LogP contribution >= 0.6 is 0 Å². The van der Waals surface area contributed by atoms with Crippen molar-refractivity contribution in [1.82, 2.24) is 4.57 Å². The Morgan fingerprint density at radius 3 is 2.33 bits per heavy atom. The molecule has 0 bridgehead atoms. The number of carbonyl (C=O) groups is 2. The molecule has 0 unspecified atom stereocenters.